The fourth-order valence-corrected chi connectivity index (χ4v) is 1.14. The summed E-state index contributed by atoms with van der Waals surface area (Å²) in [5.41, 5.74) is -2.01. The lowest BCUT2D eigenvalue weighted by molar-refractivity contribution is 0.0692. The van der Waals surface area contributed by atoms with E-state index in [-0.39, 0.29) is 13.2 Å². The van der Waals surface area contributed by atoms with E-state index in [1.54, 1.807) is 0 Å². The van der Waals surface area contributed by atoms with Gasteiger partial charge < -0.3 is 10.2 Å². The van der Waals surface area contributed by atoms with E-state index >= 15 is 0 Å². The number of rotatable bonds is 3. The van der Waals surface area contributed by atoms with Crippen LogP contribution < -0.4 is 11.2 Å². The molecule has 1 rings (SSSR count). The van der Waals surface area contributed by atoms with Crippen molar-refractivity contribution in [2.75, 3.05) is 6.61 Å². The summed E-state index contributed by atoms with van der Waals surface area (Å²) in [5.74, 6) is -1.40. The minimum absolute atomic E-state index is 0.0484. The van der Waals surface area contributed by atoms with Crippen LogP contribution in [0.3, 0.4) is 0 Å². The van der Waals surface area contributed by atoms with E-state index in [9.17, 15) is 14.4 Å². The Balaban J connectivity index is 3.53. The van der Waals surface area contributed by atoms with Crippen LogP contribution in [-0.4, -0.2) is 31.9 Å². The Hall–Kier alpha value is -1.89. The number of hydrogen-bond acceptors (Lipinski definition) is 4. The highest BCUT2D eigenvalue weighted by Gasteiger charge is 2.13. The van der Waals surface area contributed by atoms with Gasteiger partial charge in [0.25, 0.3) is 5.56 Å². The van der Waals surface area contributed by atoms with Crippen LogP contribution in [0.15, 0.2) is 15.8 Å². The Morgan fingerprint density at radius 3 is 2.53 bits per heavy atom. The lowest BCUT2D eigenvalue weighted by Gasteiger charge is -2.06. The summed E-state index contributed by atoms with van der Waals surface area (Å²) < 4.78 is 1.67. The molecule has 0 aliphatic heterocycles. The molecule has 0 unspecified atom stereocenters. The molecule has 0 saturated heterocycles. The van der Waals surface area contributed by atoms with Gasteiger partial charge in [-0.3, -0.25) is 13.9 Å². The molecule has 0 aliphatic rings. The van der Waals surface area contributed by atoms with Crippen molar-refractivity contribution in [3.63, 3.8) is 0 Å². The van der Waals surface area contributed by atoms with Gasteiger partial charge in [0.15, 0.2) is 0 Å². The molecule has 7 nitrogen and oxygen atoms in total. The highest BCUT2D eigenvalue weighted by atomic mass is 16.4. The normalized spacial score (nSPS) is 10.3. The number of aromatic nitrogens is 2. The first-order valence-electron chi connectivity index (χ1n) is 4.13. The minimum atomic E-state index is -1.40. The van der Waals surface area contributed by atoms with Gasteiger partial charge in [0.1, 0.15) is 5.56 Å². The van der Waals surface area contributed by atoms with Crippen LogP contribution in [0.25, 0.3) is 0 Å². The molecule has 1 aromatic rings. The predicted molar refractivity (Wildman–Crippen MR) is 50.0 cm³/mol. The molecule has 0 aromatic carbocycles. The molecule has 15 heavy (non-hydrogen) atoms. The number of nitrogens with zero attached hydrogens (tertiary/aromatic N) is 2. The van der Waals surface area contributed by atoms with E-state index in [1.165, 1.54) is 7.05 Å². The van der Waals surface area contributed by atoms with Crippen molar-refractivity contribution < 1.29 is 15.0 Å². The molecule has 0 aliphatic carbocycles. The van der Waals surface area contributed by atoms with Crippen molar-refractivity contribution in [2.24, 2.45) is 7.05 Å². The molecule has 1 aromatic heterocycles. The van der Waals surface area contributed by atoms with Crippen molar-refractivity contribution >= 4 is 5.97 Å². The summed E-state index contributed by atoms with van der Waals surface area (Å²) >= 11 is 0. The molecule has 0 saturated carbocycles. The predicted octanol–water partition coefficient (Wildman–Crippen LogP) is -1.76. The Morgan fingerprint density at radius 2 is 2.07 bits per heavy atom. The highest BCUT2D eigenvalue weighted by Crippen LogP contribution is 1.88. The van der Waals surface area contributed by atoms with Gasteiger partial charge >= 0.3 is 11.7 Å². The third kappa shape index (κ3) is 1.96. The van der Waals surface area contributed by atoms with Gasteiger partial charge in [-0.1, -0.05) is 0 Å². The van der Waals surface area contributed by atoms with E-state index in [1.807, 2.05) is 0 Å². The molecular formula is C8H10N2O5. The third-order valence-electron chi connectivity index (χ3n) is 1.92. The van der Waals surface area contributed by atoms with E-state index in [0.717, 1.165) is 10.8 Å². The maximum Gasteiger partial charge on any atom is 0.342 e. The lowest BCUT2D eigenvalue weighted by Crippen LogP contribution is -2.41. The van der Waals surface area contributed by atoms with Gasteiger partial charge in [-0.2, -0.15) is 0 Å². The van der Waals surface area contributed by atoms with Crippen molar-refractivity contribution in [2.45, 2.75) is 6.54 Å². The summed E-state index contributed by atoms with van der Waals surface area (Å²) in [4.78, 5) is 33.3. The number of carboxylic acid groups (broad SMARTS) is 1. The second-order valence-corrected chi connectivity index (χ2v) is 2.91. The van der Waals surface area contributed by atoms with Crippen LogP contribution in [0.2, 0.25) is 0 Å². The Morgan fingerprint density at radius 1 is 1.47 bits per heavy atom. The van der Waals surface area contributed by atoms with E-state index in [4.69, 9.17) is 10.2 Å². The molecule has 0 bridgehead atoms. The number of aliphatic hydroxyl groups excluding tert-OH is 1. The van der Waals surface area contributed by atoms with Gasteiger partial charge in [-0.25, -0.2) is 9.59 Å². The zero-order valence-electron chi connectivity index (χ0n) is 8.01. The molecule has 0 radical (unpaired) electrons. The van der Waals surface area contributed by atoms with E-state index in [0.29, 0.717) is 4.57 Å². The average Bonchev–Trinajstić information content (AvgIpc) is 2.18. The largest absolute Gasteiger partial charge is 0.477 e. The number of carbonyl (C=O) groups is 1. The van der Waals surface area contributed by atoms with Gasteiger partial charge in [-0.15, -0.1) is 0 Å². The zero-order chi connectivity index (χ0) is 11.6. The highest BCUT2D eigenvalue weighted by molar-refractivity contribution is 5.86. The minimum Gasteiger partial charge on any atom is -0.477 e. The van der Waals surface area contributed by atoms with E-state index in [2.05, 4.69) is 0 Å². The zero-order valence-corrected chi connectivity index (χ0v) is 8.01. The van der Waals surface area contributed by atoms with Crippen LogP contribution in [0.1, 0.15) is 10.4 Å². The smallest absolute Gasteiger partial charge is 0.342 e. The fraction of sp³-hybridized carbons (Fsp3) is 0.375. The second-order valence-electron chi connectivity index (χ2n) is 2.91. The number of hydrogen-bond donors (Lipinski definition) is 2. The second kappa shape index (κ2) is 4.09. The molecule has 0 atom stereocenters. The van der Waals surface area contributed by atoms with Crippen molar-refractivity contribution in [3.8, 4) is 0 Å². The molecule has 0 fully saturated rings. The summed E-state index contributed by atoms with van der Waals surface area (Å²) in [6.07, 6.45) is 0.934. The number of aromatic carboxylic acids is 1. The topological polar surface area (TPSA) is 102 Å². The Kier molecular flexibility index (Phi) is 3.05. The van der Waals surface area contributed by atoms with E-state index < -0.39 is 22.8 Å². The maximum absolute atomic E-state index is 11.4. The Bertz CT molecular complexity index is 499. The molecular weight excluding hydrogens is 204 g/mol. The number of aliphatic hydroxyl groups is 1. The third-order valence-corrected chi connectivity index (χ3v) is 1.92. The molecule has 7 heteroatoms. The van der Waals surface area contributed by atoms with Gasteiger partial charge in [0, 0.05) is 13.2 Å². The lowest BCUT2D eigenvalue weighted by atomic mass is 10.3. The molecule has 0 amide bonds. The summed E-state index contributed by atoms with van der Waals surface area (Å²) in [5, 5.41) is 17.3. The van der Waals surface area contributed by atoms with Gasteiger partial charge in [0.05, 0.1) is 13.2 Å². The number of carboxylic acids is 1. The Labute approximate surface area is 83.8 Å². The first kappa shape index (κ1) is 11.2. The summed E-state index contributed by atoms with van der Waals surface area (Å²) in [6, 6.07) is 0. The summed E-state index contributed by atoms with van der Waals surface area (Å²) in [7, 11) is 1.19. The van der Waals surface area contributed by atoms with Crippen LogP contribution >= 0.6 is 0 Å². The SMILES string of the molecule is Cn1c(=O)c(C(=O)O)cn(CCO)c1=O. The first-order valence-corrected chi connectivity index (χ1v) is 4.13. The average molecular weight is 214 g/mol. The van der Waals surface area contributed by atoms with Crippen molar-refractivity contribution in [1.29, 1.82) is 0 Å². The van der Waals surface area contributed by atoms with Crippen LogP contribution in [0.5, 0.6) is 0 Å². The van der Waals surface area contributed by atoms with Crippen molar-refractivity contribution in [3.05, 3.63) is 32.6 Å². The molecule has 82 valence electrons. The molecule has 0 spiro atoms. The first-order chi connectivity index (χ1) is 6.99. The van der Waals surface area contributed by atoms with Crippen molar-refractivity contribution in [1.82, 2.24) is 9.13 Å². The standard InChI is InChI=1S/C8H10N2O5/c1-9-6(12)5(7(13)14)4-10(2-3-11)8(9)15/h4,11H,2-3H2,1H3,(H,13,14). The van der Waals surface area contributed by atoms with Crippen LogP contribution in [0.4, 0.5) is 0 Å². The monoisotopic (exact) mass is 214 g/mol. The van der Waals surface area contributed by atoms with Gasteiger partial charge in [0.2, 0.25) is 0 Å². The van der Waals surface area contributed by atoms with Crippen LogP contribution in [0, 0.1) is 0 Å². The quantitative estimate of drug-likeness (QED) is 0.620. The van der Waals surface area contributed by atoms with Gasteiger partial charge in [-0.05, 0) is 0 Å². The van der Waals surface area contributed by atoms with Crippen LogP contribution in [-0.2, 0) is 13.6 Å². The molecule has 1 heterocycles. The fourth-order valence-electron chi connectivity index (χ4n) is 1.14. The summed E-state index contributed by atoms with van der Waals surface area (Å²) in [6.45, 7) is -0.357. The maximum atomic E-state index is 11.4. The molecule has 2 N–H and O–H groups in total.